The van der Waals surface area contributed by atoms with Crippen molar-refractivity contribution in [3.8, 4) is 5.75 Å². The summed E-state index contributed by atoms with van der Waals surface area (Å²) in [5.41, 5.74) is 0.932. The summed E-state index contributed by atoms with van der Waals surface area (Å²) in [6.07, 6.45) is 4.51. The standard InChI is InChI=1S/C15H21NO2/c1-15(2)9-3-4-12(10-15)16-14(18)11-5-7-13(17)8-6-11/h5-8,12,17H,3-4,9-10H2,1-2H3,(H,16,18). The molecule has 1 atom stereocenters. The Morgan fingerprint density at radius 2 is 2.00 bits per heavy atom. The van der Waals surface area contributed by atoms with Crippen molar-refractivity contribution in [2.75, 3.05) is 0 Å². The second-order valence-electron chi connectivity index (χ2n) is 5.98. The average Bonchev–Trinajstić information content (AvgIpc) is 2.28. The van der Waals surface area contributed by atoms with Crippen molar-refractivity contribution in [1.82, 2.24) is 5.32 Å². The Morgan fingerprint density at radius 1 is 1.33 bits per heavy atom. The molecular weight excluding hydrogens is 226 g/mol. The summed E-state index contributed by atoms with van der Waals surface area (Å²) >= 11 is 0. The van der Waals surface area contributed by atoms with Crippen molar-refractivity contribution >= 4 is 5.91 Å². The van der Waals surface area contributed by atoms with E-state index in [2.05, 4.69) is 19.2 Å². The Labute approximate surface area is 108 Å². The minimum atomic E-state index is -0.0438. The summed E-state index contributed by atoms with van der Waals surface area (Å²) in [5.74, 6) is 0.142. The zero-order chi connectivity index (χ0) is 13.2. The summed E-state index contributed by atoms with van der Waals surface area (Å²) in [7, 11) is 0. The molecule has 3 nitrogen and oxygen atoms in total. The van der Waals surface area contributed by atoms with E-state index in [0.717, 1.165) is 12.8 Å². The summed E-state index contributed by atoms with van der Waals surface area (Å²) in [6.45, 7) is 4.51. The van der Waals surface area contributed by atoms with E-state index < -0.39 is 0 Å². The van der Waals surface area contributed by atoms with Gasteiger partial charge in [0.15, 0.2) is 0 Å². The van der Waals surface area contributed by atoms with Gasteiger partial charge in [0.2, 0.25) is 0 Å². The number of hydrogen-bond donors (Lipinski definition) is 2. The van der Waals surface area contributed by atoms with Gasteiger partial charge in [-0.15, -0.1) is 0 Å². The molecule has 0 radical (unpaired) electrons. The number of amides is 1. The first kappa shape index (κ1) is 12.9. The van der Waals surface area contributed by atoms with Crippen LogP contribution in [0.1, 0.15) is 49.9 Å². The molecule has 1 aromatic carbocycles. The van der Waals surface area contributed by atoms with Crippen molar-refractivity contribution < 1.29 is 9.90 Å². The fourth-order valence-corrected chi connectivity index (χ4v) is 2.70. The van der Waals surface area contributed by atoms with E-state index >= 15 is 0 Å². The summed E-state index contributed by atoms with van der Waals surface area (Å²) in [5, 5.41) is 12.3. The topological polar surface area (TPSA) is 49.3 Å². The molecule has 0 aliphatic heterocycles. The van der Waals surface area contributed by atoms with Gasteiger partial charge in [0, 0.05) is 11.6 Å². The Kier molecular flexibility index (Phi) is 3.60. The largest absolute Gasteiger partial charge is 0.508 e. The first-order valence-corrected chi connectivity index (χ1v) is 6.56. The van der Waals surface area contributed by atoms with Gasteiger partial charge in [-0.1, -0.05) is 20.3 Å². The van der Waals surface area contributed by atoms with Crippen LogP contribution >= 0.6 is 0 Å². The lowest BCUT2D eigenvalue weighted by atomic mass is 9.75. The number of rotatable bonds is 2. The van der Waals surface area contributed by atoms with Gasteiger partial charge < -0.3 is 10.4 Å². The van der Waals surface area contributed by atoms with Crippen molar-refractivity contribution in [2.45, 2.75) is 45.6 Å². The first-order chi connectivity index (χ1) is 8.46. The Hall–Kier alpha value is -1.51. The first-order valence-electron chi connectivity index (χ1n) is 6.56. The Bertz CT molecular complexity index is 423. The van der Waals surface area contributed by atoms with E-state index in [0.29, 0.717) is 11.0 Å². The van der Waals surface area contributed by atoms with Crippen molar-refractivity contribution in [1.29, 1.82) is 0 Å². The zero-order valence-corrected chi connectivity index (χ0v) is 11.1. The van der Waals surface area contributed by atoms with Gasteiger partial charge in [-0.2, -0.15) is 0 Å². The third kappa shape index (κ3) is 3.25. The van der Waals surface area contributed by atoms with Gasteiger partial charge in [-0.3, -0.25) is 4.79 Å². The predicted molar refractivity (Wildman–Crippen MR) is 71.6 cm³/mol. The highest BCUT2D eigenvalue weighted by Gasteiger charge is 2.28. The van der Waals surface area contributed by atoms with Crippen LogP contribution in [0.4, 0.5) is 0 Å². The highest BCUT2D eigenvalue weighted by atomic mass is 16.3. The summed E-state index contributed by atoms with van der Waals surface area (Å²) in [6, 6.07) is 6.66. The molecule has 0 spiro atoms. The van der Waals surface area contributed by atoms with Crippen molar-refractivity contribution in [2.24, 2.45) is 5.41 Å². The number of phenolic OH excluding ortho intramolecular Hbond substituents is 1. The number of aromatic hydroxyl groups is 1. The molecule has 98 valence electrons. The molecule has 18 heavy (non-hydrogen) atoms. The molecule has 0 saturated heterocycles. The summed E-state index contributed by atoms with van der Waals surface area (Å²) in [4.78, 5) is 12.0. The monoisotopic (exact) mass is 247 g/mol. The maximum atomic E-state index is 12.0. The third-order valence-corrected chi connectivity index (χ3v) is 3.67. The van der Waals surface area contributed by atoms with E-state index in [1.165, 1.54) is 12.8 Å². The predicted octanol–water partition coefficient (Wildman–Crippen LogP) is 3.09. The SMILES string of the molecule is CC1(C)CCCC(NC(=O)c2ccc(O)cc2)C1. The van der Waals surface area contributed by atoms with Crippen LogP contribution in [0, 0.1) is 5.41 Å². The minimum absolute atomic E-state index is 0.0438. The molecule has 0 aromatic heterocycles. The molecule has 3 heteroatoms. The van der Waals surface area contributed by atoms with E-state index in [1.807, 2.05) is 0 Å². The molecule has 0 heterocycles. The van der Waals surface area contributed by atoms with Gasteiger partial charge in [-0.25, -0.2) is 0 Å². The van der Waals surface area contributed by atoms with Gasteiger partial charge >= 0.3 is 0 Å². The number of hydrogen-bond acceptors (Lipinski definition) is 2. The smallest absolute Gasteiger partial charge is 0.251 e. The molecule has 1 saturated carbocycles. The van der Waals surface area contributed by atoms with Crippen LogP contribution in [0.15, 0.2) is 24.3 Å². The molecular formula is C15H21NO2. The molecule has 2 N–H and O–H groups in total. The minimum Gasteiger partial charge on any atom is -0.508 e. The molecule has 2 rings (SSSR count). The highest BCUT2D eigenvalue weighted by molar-refractivity contribution is 5.94. The zero-order valence-electron chi connectivity index (χ0n) is 11.1. The van der Waals surface area contributed by atoms with E-state index in [4.69, 9.17) is 0 Å². The number of nitrogens with one attached hydrogen (secondary N) is 1. The van der Waals surface area contributed by atoms with E-state index in [9.17, 15) is 9.90 Å². The quantitative estimate of drug-likeness (QED) is 0.843. The fraction of sp³-hybridized carbons (Fsp3) is 0.533. The van der Waals surface area contributed by atoms with Gasteiger partial charge in [-0.05, 0) is 48.9 Å². The van der Waals surface area contributed by atoms with Crippen LogP contribution in [0.3, 0.4) is 0 Å². The number of carbonyl (C=O) groups excluding carboxylic acids is 1. The second kappa shape index (κ2) is 5.01. The van der Waals surface area contributed by atoms with Gasteiger partial charge in [0.05, 0.1) is 0 Å². The van der Waals surface area contributed by atoms with Gasteiger partial charge in [0.25, 0.3) is 5.91 Å². The number of phenols is 1. The average molecular weight is 247 g/mol. The number of benzene rings is 1. The van der Waals surface area contributed by atoms with E-state index in [1.54, 1.807) is 24.3 Å². The Morgan fingerprint density at radius 3 is 2.61 bits per heavy atom. The van der Waals surface area contributed by atoms with Gasteiger partial charge in [0.1, 0.15) is 5.75 Å². The lowest BCUT2D eigenvalue weighted by molar-refractivity contribution is 0.0902. The fourth-order valence-electron chi connectivity index (χ4n) is 2.70. The molecule has 1 amide bonds. The van der Waals surface area contributed by atoms with E-state index in [-0.39, 0.29) is 17.7 Å². The summed E-state index contributed by atoms with van der Waals surface area (Å²) < 4.78 is 0. The lowest BCUT2D eigenvalue weighted by Gasteiger charge is -2.35. The maximum absolute atomic E-state index is 12.0. The molecule has 0 bridgehead atoms. The number of carbonyl (C=O) groups is 1. The lowest BCUT2D eigenvalue weighted by Crippen LogP contribution is -2.40. The van der Waals surface area contributed by atoms with Crippen LogP contribution < -0.4 is 5.32 Å². The molecule has 1 aromatic rings. The molecule has 1 aliphatic rings. The third-order valence-electron chi connectivity index (χ3n) is 3.67. The highest BCUT2D eigenvalue weighted by Crippen LogP contribution is 2.35. The molecule has 1 unspecified atom stereocenters. The second-order valence-corrected chi connectivity index (χ2v) is 5.98. The normalized spacial score (nSPS) is 22.4. The van der Waals surface area contributed by atoms with Crippen molar-refractivity contribution in [3.63, 3.8) is 0 Å². The van der Waals surface area contributed by atoms with Crippen LogP contribution in [0.2, 0.25) is 0 Å². The van der Waals surface area contributed by atoms with Crippen molar-refractivity contribution in [3.05, 3.63) is 29.8 Å². The van der Waals surface area contributed by atoms with Crippen LogP contribution in [-0.2, 0) is 0 Å². The van der Waals surface area contributed by atoms with Crippen LogP contribution in [0.25, 0.3) is 0 Å². The van der Waals surface area contributed by atoms with Crippen LogP contribution in [0.5, 0.6) is 5.75 Å². The van der Waals surface area contributed by atoms with Crippen LogP contribution in [-0.4, -0.2) is 17.1 Å². The molecule has 1 fully saturated rings. The molecule has 1 aliphatic carbocycles. The Balaban J connectivity index is 1.97. The maximum Gasteiger partial charge on any atom is 0.251 e.